The second-order valence-electron chi connectivity index (χ2n) is 2.77. The van der Waals surface area contributed by atoms with Gasteiger partial charge < -0.3 is 5.73 Å². The van der Waals surface area contributed by atoms with Crippen LogP contribution in [0.2, 0.25) is 0 Å². The molecule has 0 aliphatic carbocycles. The molecular formula is C7H10N6. The number of aromatic amines is 1. The molecule has 0 saturated carbocycles. The molecule has 2 rings (SSSR count). The summed E-state index contributed by atoms with van der Waals surface area (Å²) in [6, 6.07) is -0.257. The Labute approximate surface area is 74.8 Å². The molecular weight excluding hydrogens is 168 g/mol. The predicted molar refractivity (Wildman–Crippen MR) is 45.6 cm³/mol. The fourth-order valence-corrected chi connectivity index (χ4v) is 1.11. The smallest absolute Gasteiger partial charge is 0.104 e. The Kier molecular flexibility index (Phi) is 1.82. The van der Waals surface area contributed by atoms with Crippen molar-refractivity contribution in [2.45, 2.75) is 6.04 Å². The van der Waals surface area contributed by atoms with E-state index in [-0.39, 0.29) is 6.04 Å². The Morgan fingerprint density at radius 1 is 1.54 bits per heavy atom. The first kappa shape index (κ1) is 7.93. The van der Waals surface area contributed by atoms with Gasteiger partial charge in [0, 0.05) is 18.8 Å². The molecule has 0 bridgehead atoms. The first-order valence-electron chi connectivity index (χ1n) is 3.88. The second kappa shape index (κ2) is 2.98. The lowest BCUT2D eigenvalue weighted by Crippen LogP contribution is -2.12. The number of aromatic nitrogens is 5. The molecule has 0 spiro atoms. The first-order chi connectivity index (χ1) is 6.27. The van der Waals surface area contributed by atoms with Crippen molar-refractivity contribution in [1.29, 1.82) is 0 Å². The lowest BCUT2D eigenvalue weighted by Gasteiger charge is -2.03. The molecule has 6 nitrogen and oxygen atoms in total. The van der Waals surface area contributed by atoms with Gasteiger partial charge in [-0.25, -0.2) is 0 Å². The van der Waals surface area contributed by atoms with Gasteiger partial charge in [-0.2, -0.15) is 20.1 Å². The molecule has 0 radical (unpaired) electrons. The van der Waals surface area contributed by atoms with Crippen molar-refractivity contribution in [2.75, 3.05) is 0 Å². The average Bonchev–Trinajstić information content (AvgIpc) is 2.72. The minimum absolute atomic E-state index is 0.257. The predicted octanol–water partition coefficient (Wildman–Crippen LogP) is -0.414. The van der Waals surface area contributed by atoms with Crippen LogP contribution in [0.25, 0.3) is 0 Å². The molecule has 0 aliphatic heterocycles. The van der Waals surface area contributed by atoms with Gasteiger partial charge in [0.15, 0.2) is 0 Å². The number of nitrogens with zero attached hydrogens (tertiary/aromatic N) is 4. The van der Waals surface area contributed by atoms with E-state index in [0.717, 1.165) is 11.3 Å². The van der Waals surface area contributed by atoms with Crippen LogP contribution in [0.1, 0.15) is 17.3 Å². The summed E-state index contributed by atoms with van der Waals surface area (Å²) in [5.74, 6) is 0. The molecule has 2 heterocycles. The maximum atomic E-state index is 5.90. The van der Waals surface area contributed by atoms with Crippen LogP contribution in [-0.2, 0) is 7.05 Å². The van der Waals surface area contributed by atoms with Gasteiger partial charge >= 0.3 is 0 Å². The number of hydrogen-bond donors (Lipinski definition) is 2. The van der Waals surface area contributed by atoms with E-state index in [0.29, 0.717) is 0 Å². The third-order valence-electron chi connectivity index (χ3n) is 1.81. The third-order valence-corrected chi connectivity index (χ3v) is 1.81. The zero-order valence-corrected chi connectivity index (χ0v) is 7.18. The van der Waals surface area contributed by atoms with E-state index in [4.69, 9.17) is 5.73 Å². The standard InChI is InChI=1S/C7H10N6/c1-13-11-4-6(12-13)7(8)5-2-9-10-3-5/h2-4,7H,8H2,1H3,(H,9,10). The van der Waals surface area contributed by atoms with E-state index >= 15 is 0 Å². The molecule has 0 aliphatic rings. The summed E-state index contributed by atoms with van der Waals surface area (Å²) >= 11 is 0. The monoisotopic (exact) mass is 178 g/mol. The summed E-state index contributed by atoms with van der Waals surface area (Å²) < 4.78 is 0. The third kappa shape index (κ3) is 1.43. The summed E-state index contributed by atoms with van der Waals surface area (Å²) in [6.45, 7) is 0. The molecule has 6 heteroatoms. The number of hydrogen-bond acceptors (Lipinski definition) is 4. The van der Waals surface area contributed by atoms with Crippen molar-refractivity contribution >= 4 is 0 Å². The van der Waals surface area contributed by atoms with Crippen molar-refractivity contribution in [3.63, 3.8) is 0 Å². The molecule has 2 aromatic heterocycles. The van der Waals surface area contributed by atoms with Crippen LogP contribution in [0, 0.1) is 0 Å². The van der Waals surface area contributed by atoms with Crippen LogP contribution < -0.4 is 5.73 Å². The Balaban J connectivity index is 2.28. The van der Waals surface area contributed by atoms with E-state index in [1.165, 1.54) is 4.80 Å². The second-order valence-corrected chi connectivity index (χ2v) is 2.77. The van der Waals surface area contributed by atoms with Gasteiger partial charge in [-0.3, -0.25) is 5.10 Å². The Morgan fingerprint density at radius 3 is 2.92 bits per heavy atom. The molecule has 13 heavy (non-hydrogen) atoms. The number of nitrogens with one attached hydrogen (secondary N) is 1. The zero-order valence-electron chi connectivity index (χ0n) is 7.18. The molecule has 3 N–H and O–H groups in total. The molecule has 1 unspecified atom stereocenters. The van der Waals surface area contributed by atoms with Crippen LogP contribution in [0.4, 0.5) is 0 Å². The highest BCUT2D eigenvalue weighted by molar-refractivity contribution is 5.19. The fraction of sp³-hybridized carbons (Fsp3) is 0.286. The summed E-state index contributed by atoms with van der Waals surface area (Å²) in [5, 5.41) is 14.6. The van der Waals surface area contributed by atoms with Gasteiger partial charge in [0.25, 0.3) is 0 Å². The number of rotatable bonds is 2. The lowest BCUT2D eigenvalue weighted by molar-refractivity contribution is 0.637. The Morgan fingerprint density at radius 2 is 2.38 bits per heavy atom. The van der Waals surface area contributed by atoms with E-state index in [1.807, 2.05) is 0 Å². The summed E-state index contributed by atoms with van der Waals surface area (Å²) in [5.41, 5.74) is 7.54. The van der Waals surface area contributed by atoms with Gasteiger partial charge in [-0.15, -0.1) is 0 Å². The highest BCUT2D eigenvalue weighted by Crippen LogP contribution is 2.14. The average molecular weight is 178 g/mol. The first-order valence-corrected chi connectivity index (χ1v) is 3.88. The fourth-order valence-electron chi connectivity index (χ4n) is 1.11. The SMILES string of the molecule is Cn1ncc(C(N)c2cn[nH]c2)n1. The number of H-pyrrole nitrogens is 1. The van der Waals surface area contributed by atoms with Crippen LogP contribution in [0.3, 0.4) is 0 Å². The van der Waals surface area contributed by atoms with E-state index in [9.17, 15) is 0 Å². The normalized spacial score (nSPS) is 13.1. The maximum absolute atomic E-state index is 5.90. The van der Waals surface area contributed by atoms with E-state index in [1.54, 1.807) is 25.6 Å². The Bertz CT molecular complexity index is 375. The van der Waals surface area contributed by atoms with E-state index in [2.05, 4.69) is 20.4 Å². The summed E-state index contributed by atoms with van der Waals surface area (Å²) in [6.07, 6.45) is 5.08. The number of nitrogens with two attached hydrogens (primary N) is 1. The molecule has 0 amide bonds. The van der Waals surface area contributed by atoms with Crippen molar-refractivity contribution in [3.8, 4) is 0 Å². The molecule has 0 aromatic carbocycles. The van der Waals surface area contributed by atoms with Crippen molar-refractivity contribution < 1.29 is 0 Å². The minimum atomic E-state index is -0.257. The molecule has 2 aromatic rings. The quantitative estimate of drug-likeness (QED) is 0.654. The van der Waals surface area contributed by atoms with Gasteiger partial charge in [0.1, 0.15) is 5.69 Å². The van der Waals surface area contributed by atoms with Crippen LogP contribution in [0.5, 0.6) is 0 Å². The summed E-state index contributed by atoms with van der Waals surface area (Å²) in [7, 11) is 1.76. The lowest BCUT2D eigenvalue weighted by atomic mass is 10.1. The molecule has 0 saturated heterocycles. The maximum Gasteiger partial charge on any atom is 0.104 e. The largest absolute Gasteiger partial charge is 0.319 e. The highest BCUT2D eigenvalue weighted by Gasteiger charge is 2.12. The van der Waals surface area contributed by atoms with Crippen LogP contribution in [-0.4, -0.2) is 25.2 Å². The van der Waals surface area contributed by atoms with Gasteiger partial charge in [-0.05, 0) is 0 Å². The topological polar surface area (TPSA) is 85.4 Å². The zero-order chi connectivity index (χ0) is 9.26. The van der Waals surface area contributed by atoms with Crippen molar-refractivity contribution in [3.05, 3.63) is 29.8 Å². The van der Waals surface area contributed by atoms with Crippen molar-refractivity contribution in [2.24, 2.45) is 12.8 Å². The minimum Gasteiger partial charge on any atom is -0.319 e. The Hall–Kier alpha value is -1.69. The molecule has 1 atom stereocenters. The molecule has 68 valence electrons. The van der Waals surface area contributed by atoms with E-state index < -0.39 is 0 Å². The summed E-state index contributed by atoms with van der Waals surface area (Å²) in [4.78, 5) is 1.48. The van der Waals surface area contributed by atoms with Gasteiger partial charge in [-0.1, -0.05) is 0 Å². The molecule has 0 fully saturated rings. The van der Waals surface area contributed by atoms with Crippen molar-refractivity contribution in [1.82, 2.24) is 25.2 Å². The van der Waals surface area contributed by atoms with Crippen LogP contribution >= 0.6 is 0 Å². The number of aryl methyl sites for hydroxylation is 1. The van der Waals surface area contributed by atoms with Gasteiger partial charge in [0.05, 0.1) is 18.4 Å². The van der Waals surface area contributed by atoms with Crippen LogP contribution in [0.15, 0.2) is 18.6 Å². The van der Waals surface area contributed by atoms with Gasteiger partial charge in [0.2, 0.25) is 0 Å². The highest BCUT2D eigenvalue weighted by atomic mass is 15.4.